The molecule has 0 aromatic heterocycles. The van der Waals surface area contributed by atoms with E-state index in [1.165, 1.54) is 9.80 Å². The fourth-order valence-corrected chi connectivity index (χ4v) is 1.57. The van der Waals surface area contributed by atoms with Crippen molar-refractivity contribution in [3.63, 3.8) is 0 Å². The monoisotopic (exact) mass is 305 g/mol. The summed E-state index contributed by atoms with van der Waals surface area (Å²) in [6.07, 6.45) is 2.15. The average Bonchev–Trinajstić information content (AvgIpc) is 2.35. The zero-order valence-corrected chi connectivity index (χ0v) is 12.2. The number of carbonyl (C=O) groups excluding carboxylic acids is 2. The van der Waals surface area contributed by atoms with Crippen LogP contribution in [-0.2, 0) is 4.79 Å². The van der Waals surface area contributed by atoms with Gasteiger partial charge in [-0.3, -0.25) is 19.6 Å². The summed E-state index contributed by atoms with van der Waals surface area (Å²) < 4.78 is 0. The zero-order chi connectivity index (χ0) is 13.3. The highest BCUT2D eigenvalue weighted by Gasteiger charge is 2.21. The molecule has 0 saturated carbocycles. The van der Waals surface area contributed by atoms with E-state index in [9.17, 15) is 9.59 Å². The molecule has 3 amide bonds. The van der Waals surface area contributed by atoms with Crippen LogP contribution in [-0.4, -0.2) is 53.5 Å². The van der Waals surface area contributed by atoms with Gasteiger partial charge in [-0.25, -0.2) is 4.79 Å². The quantitative estimate of drug-likeness (QED) is 0.327. The molecule has 0 aliphatic heterocycles. The first-order valence-corrected chi connectivity index (χ1v) is 6.77. The van der Waals surface area contributed by atoms with Crippen LogP contribution in [0.4, 0.5) is 4.79 Å². The van der Waals surface area contributed by atoms with Crippen molar-refractivity contribution in [2.75, 3.05) is 25.5 Å². The van der Waals surface area contributed by atoms with E-state index in [4.69, 9.17) is 0 Å². The lowest BCUT2D eigenvalue weighted by atomic mass is 10.4. The predicted octanol–water partition coefficient (Wildman–Crippen LogP) is 2.11. The molecular weight excluding hydrogens is 286 g/mol. The number of alkyl halides is 1. The molecule has 0 atom stereocenters. The number of rotatable bonds is 6. The molecule has 98 valence electrons. The minimum absolute atomic E-state index is 0.300. The SMILES string of the molecule is CCCN(C(=O)N(C=O)CCCBr)C(C)=NC. The number of imide groups is 1. The van der Waals surface area contributed by atoms with Gasteiger partial charge in [-0.2, -0.15) is 0 Å². The third-order valence-corrected chi connectivity index (χ3v) is 2.86. The first-order chi connectivity index (χ1) is 8.12. The van der Waals surface area contributed by atoms with Crippen molar-refractivity contribution in [2.45, 2.75) is 26.7 Å². The van der Waals surface area contributed by atoms with Gasteiger partial charge in [0.15, 0.2) is 0 Å². The van der Waals surface area contributed by atoms with E-state index in [0.29, 0.717) is 25.3 Å². The predicted molar refractivity (Wildman–Crippen MR) is 72.6 cm³/mol. The van der Waals surface area contributed by atoms with Crippen molar-refractivity contribution < 1.29 is 9.59 Å². The van der Waals surface area contributed by atoms with Crippen molar-refractivity contribution >= 4 is 34.2 Å². The third-order valence-electron chi connectivity index (χ3n) is 2.30. The number of urea groups is 1. The maximum Gasteiger partial charge on any atom is 0.331 e. The van der Waals surface area contributed by atoms with Gasteiger partial charge in [0.25, 0.3) is 0 Å². The molecule has 5 nitrogen and oxygen atoms in total. The first-order valence-electron chi connectivity index (χ1n) is 5.65. The largest absolute Gasteiger partial charge is 0.331 e. The Balaban J connectivity index is 4.72. The highest BCUT2D eigenvalue weighted by Crippen LogP contribution is 2.03. The summed E-state index contributed by atoms with van der Waals surface area (Å²) in [5, 5.41) is 0.763. The van der Waals surface area contributed by atoms with Gasteiger partial charge in [-0.15, -0.1) is 0 Å². The molecule has 0 heterocycles. The van der Waals surface area contributed by atoms with E-state index in [0.717, 1.165) is 18.2 Å². The Kier molecular flexibility index (Phi) is 8.66. The molecule has 0 aromatic rings. The van der Waals surface area contributed by atoms with Crippen molar-refractivity contribution in [2.24, 2.45) is 4.99 Å². The Morgan fingerprint density at radius 3 is 2.47 bits per heavy atom. The van der Waals surface area contributed by atoms with Gasteiger partial charge in [0.1, 0.15) is 5.84 Å². The topological polar surface area (TPSA) is 53.0 Å². The second-order valence-electron chi connectivity index (χ2n) is 3.55. The van der Waals surface area contributed by atoms with Gasteiger partial charge >= 0.3 is 6.03 Å². The summed E-state index contributed by atoms with van der Waals surface area (Å²) in [6.45, 7) is 4.74. The molecule has 0 saturated heterocycles. The van der Waals surface area contributed by atoms with Crippen LogP contribution < -0.4 is 0 Å². The molecule has 0 spiro atoms. The van der Waals surface area contributed by atoms with Crippen LogP contribution in [0.15, 0.2) is 4.99 Å². The van der Waals surface area contributed by atoms with Gasteiger partial charge in [0, 0.05) is 25.5 Å². The third kappa shape index (κ3) is 5.30. The maximum atomic E-state index is 12.1. The lowest BCUT2D eigenvalue weighted by Crippen LogP contribution is -2.45. The Morgan fingerprint density at radius 1 is 1.41 bits per heavy atom. The van der Waals surface area contributed by atoms with E-state index in [2.05, 4.69) is 20.9 Å². The van der Waals surface area contributed by atoms with Crippen molar-refractivity contribution in [1.29, 1.82) is 0 Å². The van der Waals surface area contributed by atoms with Crippen molar-refractivity contribution in [3.05, 3.63) is 0 Å². The molecule has 0 bridgehead atoms. The Morgan fingerprint density at radius 2 is 2.06 bits per heavy atom. The van der Waals surface area contributed by atoms with Crippen LogP contribution in [0.5, 0.6) is 0 Å². The fraction of sp³-hybridized carbons (Fsp3) is 0.727. The maximum absolute atomic E-state index is 12.1. The Hall–Kier alpha value is -0.910. The second-order valence-corrected chi connectivity index (χ2v) is 4.34. The molecule has 0 aliphatic rings. The summed E-state index contributed by atoms with van der Waals surface area (Å²) in [5.41, 5.74) is 0. The lowest BCUT2D eigenvalue weighted by Gasteiger charge is -2.26. The molecule has 0 rings (SSSR count). The lowest BCUT2D eigenvalue weighted by molar-refractivity contribution is -0.115. The van der Waals surface area contributed by atoms with E-state index < -0.39 is 0 Å². The fourth-order valence-electron chi connectivity index (χ4n) is 1.32. The van der Waals surface area contributed by atoms with E-state index in [1.54, 1.807) is 14.0 Å². The van der Waals surface area contributed by atoms with Crippen LogP contribution in [0.2, 0.25) is 0 Å². The smallest absolute Gasteiger partial charge is 0.282 e. The van der Waals surface area contributed by atoms with Crippen LogP contribution >= 0.6 is 15.9 Å². The van der Waals surface area contributed by atoms with Gasteiger partial charge < -0.3 is 0 Å². The summed E-state index contributed by atoms with van der Waals surface area (Å²) in [7, 11) is 1.63. The molecule has 0 aliphatic carbocycles. The van der Waals surface area contributed by atoms with Crippen molar-refractivity contribution in [1.82, 2.24) is 9.80 Å². The standard InChI is InChI=1S/C11H20BrN3O2/c1-4-7-15(10(2)13-3)11(17)14(9-16)8-5-6-12/h9H,4-8H2,1-3H3. The highest BCUT2D eigenvalue weighted by atomic mass is 79.9. The number of halogens is 1. The van der Waals surface area contributed by atoms with Gasteiger partial charge in [-0.05, 0) is 19.8 Å². The zero-order valence-electron chi connectivity index (χ0n) is 10.6. The van der Waals surface area contributed by atoms with E-state index >= 15 is 0 Å². The highest BCUT2D eigenvalue weighted by molar-refractivity contribution is 9.09. The molecule has 0 unspecified atom stereocenters. The van der Waals surface area contributed by atoms with Crippen LogP contribution in [0.1, 0.15) is 26.7 Å². The molecule has 17 heavy (non-hydrogen) atoms. The van der Waals surface area contributed by atoms with Crippen LogP contribution in [0, 0.1) is 0 Å². The number of nitrogens with zero attached hydrogens (tertiary/aromatic N) is 3. The minimum Gasteiger partial charge on any atom is -0.282 e. The Bertz CT molecular complexity index is 282. The first kappa shape index (κ1) is 16.1. The second kappa shape index (κ2) is 9.15. The van der Waals surface area contributed by atoms with E-state index in [1.807, 2.05) is 6.92 Å². The van der Waals surface area contributed by atoms with E-state index in [-0.39, 0.29) is 6.03 Å². The van der Waals surface area contributed by atoms with Gasteiger partial charge in [-0.1, -0.05) is 22.9 Å². The van der Waals surface area contributed by atoms with Crippen molar-refractivity contribution in [3.8, 4) is 0 Å². The summed E-state index contributed by atoms with van der Waals surface area (Å²) >= 11 is 3.28. The van der Waals surface area contributed by atoms with Gasteiger partial charge in [0.05, 0.1) is 0 Å². The number of amidine groups is 1. The number of amides is 3. The molecular formula is C11H20BrN3O2. The number of carbonyl (C=O) groups is 2. The van der Waals surface area contributed by atoms with Crippen LogP contribution in [0.25, 0.3) is 0 Å². The summed E-state index contributed by atoms with van der Waals surface area (Å²) in [6, 6.07) is -0.300. The number of hydrogen-bond donors (Lipinski definition) is 0. The molecule has 6 heteroatoms. The molecule has 0 fully saturated rings. The molecule has 0 radical (unpaired) electrons. The van der Waals surface area contributed by atoms with Crippen LogP contribution in [0.3, 0.4) is 0 Å². The van der Waals surface area contributed by atoms with Gasteiger partial charge in [0.2, 0.25) is 6.41 Å². The summed E-state index contributed by atoms with van der Waals surface area (Å²) in [4.78, 5) is 29.7. The number of hydrogen-bond acceptors (Lipinski definition) is 3. The normalized spacial score (nSPS) is 11.2. The minimum atomic E-state index is -0.300. The molecule has 0 N–H and O–H groups in total. The average molecular weight is 306 g/mol. The summed E-state index contributed by atoms with van der Waals surface area (Å²) in [5.74, 6) is 0.627. The Labute approximate surface area is 111 Å². The molecule has 0 aromatic carbocycles. The number of aliphatic imine (C=N–C) groups is 1.